The SMILES string of the molecule is COc1ccc(OCCNc2cc(C)nc(NCc3ccccc3C)n2)cc1. The van der Waals surface area contributed by atoms with Crippen LogP contribution in [0.1, 0.15) is 16.8 Å². The molecule has 0 atom stereocenters. The number of methoxy groups -OCH3 is 1. The van der Waals surface area contributed by atoms with Gasteiger partial charge in [-0.15, -0.1) is 0 Å². The van der Waals surface area contributed by atoms with Gasteiger partial charge in [-0.3, -0.25) is 0 Å². The van der Waals surface area contributed by atoms with Crippen molar-refractivity contribution in [3.63, 3.8) is 0 Å². The molecule has 146 valence electrons. The van der Waals surface area contributed by atoms with E-state index in [1.807, 2.05) is 49.4 Å². The van der Waals surface area contributed by atoms with Crippen LogP contribution in [0.25, 0.3) is 0 Å². The Hall–Kier alpha value is -3.28. The molecule has 0 aliphatic carbocycles. The highest BCUT2D eigenvalue weighted by Crippen LogP contribution is 2.17. The van der Waals surface area contributed by atoms with Crippen molar-refractivity contribution in [1.82, 2.24) is 9.97 Å². The molecule has 3 aromatic rings. The number of nitrogens with one attached hydrogen (secondary N) is 2. The normalized spacial score (nSPS) is 10.4. The Kier molecular flexibility index (Phi) is 6.68. The minimum Gasteiger partial charge on any atom is -0.497 e. The van der Waals surface area contributed by atoms with Crippen LogP contribution in [0, 0.1) is 13.8 Å². The van der Waals surface area contributed by atoms with Gasteiger partial charge in [-0.25, -0.2) is 4.98 Å². The largest absolute Gasteiger partial charge is 0.497 e. The molecule has 0 aliphatic rings. The number of aryl methyl sites for hydroxylation is 2. The van der Waals surface area contributed by atoms with Crippen molar-refractivity contribution in [3.8, 4) is 11.5 Å². The third kappa shape index (κ3) is 5.61. The van der Waals surface area contributed by atoms with Crippen molar-refractivity contribution in [2.45, 2.75) is 20.4 Å². The van der Waals surface area contributed by atoms with Gasteiger partial charge in [0.2, 0.25) is 5.95 Å². The van der Waals surface area contributed by atoms with Crippen molar-refractivity contribution in [1.29, 1.82) is 0 Å². The van der Waals surface area contributed by atoms with Crippen molar-refractivity contribution >= 4 is 11.8 Å². The zero-order valence-corrected chi connectivity index (χ0v) is 16.5. The topological polar surface area (TPSA) is 68.3 Å². The number of rotatable bonds is 9. The Bertz CT molecular complexity index is 897. The Labute approximate surface area is 166 Å². The van der Waals surface area contributed by atoms with E-state index in [4.69, 9.17) is 9.47 Å². The number of anilines is 2. The fourth-order valence-corrected chi connectivity index (χ4v) is 2.74. The number of aromatic nitrogens is 2. The van der Waals surface area contributed by atoms with Gasteiger partial charge in [0.15, 0.2) is 0 Å². The van der Waals surface area contributed by atoms with E-state index in [-0.39, 0.29) is 0 Å². The molecule has 0 bridgehead atoms. The number of benzene rings is 2. The highest BCUT2D eigenvalue weighted by molar-refractivity contribution is 5.43. The third-order valence-corrected chi connectivity index (χ3v) is 4.29. The summed E-state index contributed by atoms with van der Waals surface area (Å²) in [6, 6.07) is 17.7. The minimum absolute atomic E-state index is 0.529. The molecule has 0 radical (unpaired) electrons. The van der Waals surface area contributed by atoms with E-state index < -0.39 is 0 Å². The van der Waals surface area contributed by atoms with Gasteiger partial charge in [0.1, 0.15) is 23.9 Å². The molecule has 0 fully saturated rings. The van der Waals surface area contributed by atoms with Gasteiger partial charge in [0.25, 0.3) is 0 Å². The second-order valence-electron chi connectivity index (χ2n) is 6.45. The van der Waals surface area contributed by atoms with Gasteiger partial charge in [0.05, 0.1) is 13.7 Å². The predicted molar refractivity (Wildman–Crippen MR) is 112 cm³/mol. The van der Waals surface area contributed by atoms with E-state index in [0.717, 1.165) is 23.0 Å². The maximum Gasteiger partial charge on any atom is 0.225 e. The van der Waals surface area contributed by atoms with Crippen LogP contribution in [-0.2, 0) is 6.54 Å². The molecule has 0 spiro atoms. The second-order valence-corrected chi connectivity index (χ2v) is 6.45. The fraction of sp³-hybridized carbons (Fsp3) is 0.273. The number of ether oxygens (including phenoxy) is 2. The van der Waals surface area contributed by atoms with E-state index >= 15 is 0 Å². The Morgan fingerprint density at radius 1 is 0.893 bits per heavy atom. The molecule has 0 unspecified atom stereocenters. The molecule has 0 amide bonds. The molecular formula is C22H26N4O2. The summed E-state index contributed by atoms with van der Waals surface area (Å²) in [6.07, 6.45) is 0. The maximum atomic E-state index is 5.73. The van der Waals surface area contributed by atoms with Crippen molar-refractivity contribution in [2.24, 2.45) is 0 Å². The van der Waals surface area contributed by atoms with E-state index in [1.54, 1.807) is 7.11 Å². The van der Waals surface area contributed by atoms with Gasteiger partial charge < -0.3 is 20.1 Å². The molecule has 28 heavy (non-hydrogen) atoms. The van der Waals surface area contributed by atoms with Crippen LogP contribution in [-0.4, -0.2) is 30.2 Å². The van der Waals surface area contributed by atoms with Gasteiger partial charge in [-0.1, -0.05) is 24.3 Å². The number of hydrogen-bond donors (Lipinski definition) is 2. The van der Waals surface area contributed by atoms with Crippen LogP contribution in [0.4, 0.5) is 11.8 Å². The number of nitrogens with zero attached hydrogens (tertiary/aromatic N) is 2. The van der Waals surface area contributed by atoms with Crippen LogP contribution in [0.5, 0.6) is 11.5 Å². The lowest BCUT2D eigenvalue weighted by molar-refractivity contribution is 0.331. The molecule has 3 rings (SSSR count). The number of hydrogen-bond acceptors (Lipinski definition) is 6. The maximum absolute atomic E-state index is 5.73. The molecule has 0 aliphatic heterocycles. The molecule has 6 nitrogen and oxygen atoms in total. The van der Waals surface area contributed by atoms with Crippen LogP contribution < -0.4 is 20.1 Å². The van der Waals surface area contributed by atoms with Crippen LogP contribution >= 0.6 is 0 Å². The Balaban J connectivity index is 1.50. The Morgan fingerprint density at radius 3 is 2.39 bits per heavy atom. The first kappa shape index (κ1) is 19.5. The monoisotopic (exact) mass is 378 g/mol. The van der Waals surface area contributed by atoms with Crippen molar-refractivity contribution < 1.29 is 9.47 Å². The molecule has 6 heteroatoms. The first-order chi connectivity index (χ1) is 13.6. The summed E-state index contributed by atoms with van der Waals surface area (Å²) in [6.45, 7) is 5.92. The van der Waals surface area contributed by atoms with Gasteiger partial charge in [0, 0.05) is 18.3 Å². The minimum atomic E-state index is 0.529. The standard InChI is InChI=1S/C22H26N4O2/c1-16-6-4-5-7-18(16)15-24-22-25-17(2)14-21(26-22)23-12-13-28-20-10-8-19(27-3)9-11-20/h4-11,14H,12-13,15H2,1-3H3,(H2,23,24,25,26). The van der Waals surface area contributed by atoms with Gasteiger partial charge >= 0.3 is 0 Å². The highest BCUT2D eigenvalue weighted by Gasteiger charge is 2.04. The molecule has 0 saturated heterocycles. The molecule has 2 aromatic carbocycles. The van der Waals surface area contributed by atoms with Crippen LogP contribution in [0.2, 0.25) is 0 Å². The van der Waals surface area contributed by atoms with Gasteiger partial charge in [-0.05, 0) is 49.2 Å². The summed E-state index contributed by atoms with van der Waals surface area (Å²) in [7, 11) is 1.65. The molecule has 1 heterocycles. The Morgan fingerprint density at radius 2 is 1.64 bits per heavy atom. The summed E-state index contributed by atoms with van der Waals surface area (Å²) >= 11 is 0. The first-order valence-electron chi connectivity index (χ1n) is 9.29. The lowest BCUT2D eigenvalue weighted by Gasteiger charge is -2.12. The molecule has 1 aromatic heterocycles. The average Bonchev–Trinajstić information content (AvgIpc) is 2.71. The quantitative estimate of drug-likeness (QED) is 0.544. The van der Waals surface area contributed by atoms with Crippen molar-refractivity contribution in [3.05, 3.63) is 71.4 Å². The van der Waals surface area contributed by atoms with E-state index in [0.29, 0.717) is 25.6 Å². The molecule has 0 saturated carbocycles. The van der Waals surface area contributed by atoms with Crippen LogP contribution in [0.15, 0.2) is 54.6 Å². The summed E-state index contributed by atoms with van der Waals surface area (Å²) < 4.78 is 10.9. The van der Waals surface area contributed by atoms with Crippen LogP contribution in [0.3, 0.4) is 0 Å². The van der Waals surface area contributed by atoms with Gasteiger partial charge in [-0.2, -0.15) is 4.98 Å². The smallest absolute Gasteiger partial charge is 0.225 e. The fourth-order valence-electron chi connectivity index (χ4n) is 2.74. The van der Waals surface area contributed by atoms with E-state index in [1.165, 1.54) is 11.1 Å². The molecular weight excluding hydrogens is 352 g/mol. The summed E-state index contributed by atoms with van der Waals surface area (Å²) in [5, 5.41) is 6.59. The third-order valence-electron chi connectivity index (χ3n) is 4.29. The summed E-state index contributed by atoms with van der Waals surface area (Å²) in [5.41, 5.74) is 3.38. The predicted octanol–water partition coefficient (Wildman–Crippen LogP) is 4.21. The lowest BCUT2D eigenvalue weighted by Crippen LogP contribution is -2.14. The van der Waals surface area contributed by atoms with Crippen molar-refractivity contribution in [2.75, 3.05) is 30.9 Å². The first-order valence-corrected chi connectivity index (χ1v) is 9.29. The zero-order valence-electron chi connectivity index (χ0n) is 16.5. The lowest BCUT2D eigenvalue weighted by atomic mass is 10.1. The zero-order chi connectivity index (χ0) is 19.8. The average molecular weight is 378 g/mol. The summed E-state index contributed by atoms with van der Waals surface area (Å²) in [4.78, 5) is 9.01. The second kappa shape index (κ2) is 9.60. The molecule has 2 N–H and O–H groups in total. The highest BCUT2D eigenvalue weighted by atomic mass is 16.5. The van der Waals surface area contributed by atoms with E-state index in [9.17, 15) is 0 Å². The van der Waals surface area contributed by atoms with E-state index in [2.05, 4.69) is 39.7 Å². The summed E-state index contributed by atoms with van der Waals surface area (Å²) in [5.74, 6) is 3.01.